The number of nitrogens with zero attached hydrogens (tertiary/aromatic N) is 1. The minimum atomic E-state index is 1.27. The molecule has 0 saturated carbocycles. The summed E-state index contributed by atoms with van der Waals surface area (Å²) in [7, 11) is 0. The van der Waals surface area contributed by atoms with Crippen LogP contribution in [0.25, 0.3) is 0 Å². The minimum Gasteiger partial charge on any atom is -0.308 e. The van der Waals surface area contributed by atoms with E-state index >= 15 is 0 Å². The Labute approximate surface area is 142 Å². The summed E-state index contributed by atoms with van der Waals surface area (Å²) < 4.78 is 0. The van der Waals surface area contributed by atoms with Gasteiger partial charge in [0.25, 0.3) is 0 Å². The van der Waals surface area contributed by atoms with Crippen molar-refractivity contribution in [2.24, 2.45) is 0 Å². The largest absolute Gasteiger partial charge is 0.308 e. The third-order valence-corrected chi connectivity index (χ3v) is 5.42. The Morgan fingerprint density at radius 1 is 0.696 bits per heavy atom. The second-order valence-corrected chi connectivity index (χ2v) is 7.20. The van der Waals surface area contributed by atoms with Gasteiger partial charge in [0.15, 0.2) is 0 Å². The number of anilines is 3. The first-order valence-electron chi connectivity index (χ1n) is 7.89. The fourth-order valence-electron chi connectivity index (χ4n) is 3.47. The SMILES string of the molecule is Cc1cc(C)c(N2c3ccccc3Sc3ccccc32)c(C)c1. The van der Waals surface area contributed by atoms with Crippen molar-refractivity contribution in [1.82, 2.24) is 0 Å². The van der Waals surface area contributed by atoms with Crippen LogP contribution in [0.5, 0.6) is 0 Å². The molecule has 0 atom stereocenters. The summed E-state index contributed by atoms with van der Waals surface area (Å²) in [5.74, 6) is 0. The fourth-order valence-corrected chi connectivity index (χ4v) is 4.53. The molecule has 0 aliphatic carbocycles. The number of para-hydroxylation sites is 2. The van der Waals surface area contributed by atoms with Crippen molar-refractivity contribution < 1.29 is 0 Å². The molecule has 23 heavy (non-hydrogen) atoms. The molecule has 1 nitrogen and oxygen atoms in total. The van der Waals surface area contributed by atoms with Crippen LogP contribution in [0, 0.1) is 20.8 Å². The quantitative estimate of drug-likeness (QED) is 0.392. The molecular weight excluding hydrogens is 298 g/mol. The van der Waals surface area contributed by atoms with E-state index in [-0.39, 0.29) is 0 Å². The number of rotatable bonds is 1. The van der Waals surface area contributed by atoms with Crippen LogP contribution >= 0.6 is 11.8 Å². The Morgan fingerprint density at radius 3 is 1.70 bits per heavy atom. The topological polar surface area (TPSA) is 3.24 Å². The number of aryl methyl sites for hydroxylation is 3. The minimum absolute atomic E-state index is 1.27. The zero-order chi connectivity index (χ0) is 16.0. The van der Waals surface area contributed by atoms with Crippen molar-refractivity contribution >= 4 is 28.8 Å². The summed E-state index contributed by atoms with van der Waals surface area (Å²) in [6.45, 7) is 6.59. The van der Waals surface area contributed by atoms with E-state index in [1.807, 2.05) is 11.8 Å². The summed E-state index contributed by atoms with van der Waals surface area (Å²) in [4.78, 5) is 5.04. The first kappa shape index (κ1) is 14.4. The Kier molecular flexibility index (Phi) is 3.42. The molecule has 3 aromatic carbocycles. The Balaban J connectivity index is 2.02. The standard InChI is InChI=1S/C21H19NS/c1-14-12-15(2)21(16(3)13-14)22-17-8-4-6-10-19(17)23-20-11-7-5-9-18(20)22/h4-13H,1-3H3. The lowest BCUT2D eigenvalue weighted by Crippen LogP contribution is -2.17. The summed E-state index contributed by atoms with van der Waals surface area (Å²) in [6, 6.07) is 21.9. The van der Waals surface area contributed by atoms with Crippen LogP contribution in [0.2, 0.25) is 0 Å². The van der Waals surface area contributed by atoms with Crippen molar-refractivity contribution in [2.75, 3.05) is 4.90 Å². The van der Waals surface area contributed by atoms with E-state index in [9.17, 15) is 0 Å². The highest BCUT2D eigenvalue weighted by atomic mass is 32.2. The van der Waals surface area contributed by atoms with Crippen LogP contribution in [0.15, 0.2) is 70.5 Å². The molecule has 0 fully saturated rings. The molecule has 114 valence electrons. The van der Waals surface area contributed by atoms with Crippen LogP contribution in [0.4, 0.5) is 17.1 Å². The van der Waals surface area contributed by atoms with Gasteiger partial charge in [-0.05, 0) is 56.2 Å². The van der Waals surface area contributed by atoms with Gasteiger partial charge in [-0.15, -0.1) is 0 Å². The van der Waals surface area contributed by atoms with Crippen LogP contribution in [-0.4, -0.2) is 0 Å². The number of fused-ring (bicyclic) bond motifs is 2. The predicted octanol–water partition coefficient (Wildman–Crippen LogP) is 6.55. The van der Waals surface area contributed by atoms with E-state index in [0.29, 0.717) is 0 Å². The van der Waals surface area contributed by atoms with E-state index in [1.54, 1.807) is 0 Å². The molecule has 0 aromatic heterocycles. The van der Waals surface area contributed by atoms with E-state index in [0.717, 1.165) is 0 Å². The van der Waals surface area contributed by atoms with Gasteiger partial charge in [-0.3, -0.25) is 0 Å². The maximum atomic E-state index is 2.42. The lowest BCUT2D eigenvalue weighted by molar-refractivity contribution is 1.13. The molecule has 0 bridgehead atoms. The smallest absolute Gasteiger partial charge is 0.0601 e. The van der Waals surface area contributed by atoms with Crippen LogP contribution in [0.1, 0.15) is 16.7 Å². The van der Waals surface area contributed by atoms with Gasteiger partial charge in [0.1, 0.15) is 0 Å². The summed E-state index contributed by atoms with van der Waals surface area (Å²) >= 11 is 1.85. The molecule has 2 heteroatoms. The van der Waals surface area contributed by atoms with Gasteiger partial charge in [0.2, 0.25) is 0 Å². The molecule has 0 N–H and O–H groups in total. The zero-order valence-electron chi connectivity index (χ0n) is 13.6. The molecular formula is C21H19NS. The first-order chi connectivity index (χ1) is 11.1. The lowest BCUT2D eigenvalue weighted by atomic mass is 10.0. The van der Waals surface area contributed by atoms with Gasteiger partial charge >= 0.3 is 0 Å². The van der Waals surface area contributed by atoms with Crippen molar-refractivity contribution in [3.05, 3.63) is 77.4 Å². The highest BCUT2D eigenvalue weighted by Gasteiger charge is 2.26. The molecule has 4 rings (SSSR count). The molecule has 1 aliphatic heterocycles. The Hall–Kier alpha value is -2.19. The Morgan fingerprint density at radius 2 is 1.17 bits per heavy atom. The van der Waals surface area contributed by atoms with Gasteiger partial charge < -0.3 is 4.90 Å². The molecule has 0 amide bonds. The van der Waals surface area contributed by atoms with Crippen molar-refractivity contribution in [3.8, 4) is 0 Å². The van der Waals surface area contributed by atoms with Gasteiger partial charge in [-0.1, -0.05) is 53.7 Å². The lowest BCUT2D eigenvalue weighted by Gasteiger charge is -2.35. The third kappa shape index (κ3) is 2.34. The van der Waals surface area contributed by atoms with Crippen molar-refractivity contribution in [1.29, 1.82) is 0 Å². The second-order valence-electron chi connectivity index (χ2n) is 6.12. The second kappa shape index (κ2) is 5.47. The average molecular weight is 317 g/mol. The molecule has 3 aromatic rings. The van der Waals surface area contributed by atoms with Gasteiger partial charge in [0, 0.05) is 9.79 Å². The van der Waals surface area contributed by atoms with Crippen molar-refractivity contribution in [2.45, 2.75) is 30.6 Å². The molecule has 0 unspecified atom stereocenters. The number of hydrogen-bond donors (Lipinski definition) is 0. The van der Waals surface area contributed by atoms with Crippen LogP contribution in [-0.2, 0) is 0 Å². The monoisotopic (exact) mass is 317 g/mol. The molecule has 0 radical (unpaired) electrons. The fraction of sp³-hybridized carbons (Fsp3) is 0.143. The average Bonchev–Trinajstić information content (AvgIpc) is 2.53. The maximum absolute atomic E-state index is 2.42. The van der Waals surface area contributed by atoms with Crippen molar-refractivity contribution in [3.63, 3.8) is 0 Å². The normalized spacial score (nSPS) is 12.7. The number of benzene rings is 3. The van der Waals surface area contributed by atoms with Crippen LogP contribution in [0.3, 0.4) is 0 Å². The summed E-state index contributed by atoms with van der Waals surface area (Å²) in [5.41, 5.74) is 7.79. The van der Waals surface area contributed by atoms with Gasteiger partial charge in [-0.2, -0.15) is 0 Å². The first-order valence-corrected chi connectivity index (χ1v) is 8.70. The van der Waals surface area contributed by atoms with E-state index in [2.05, 4.69) is 86.3 Å². The molecule has 1 aliphatic rings. The highest BCUT2D eigenvalue weighted by molar-refractivity contribution is 7.99. The third-order valence-electron chi connectivity index (χ3n) is 4.29. The molecule has 1 heterocycles. The summed E-state index contributed by atoms with van der Waals surface area (Å²) in [5, 5.41) is 0. The van der Waals surface area contributed by atoms with E-state index < -0.39 is 0 Å². The maximum Gasteiger partial charge on any atom is 0.0601 e. The summed E-state index contributed by atoms with van der Waals surface area (Å²) in [6.07, 6.45) is 0. The van der Waals surface area contributed by atoms with Gasteiger partial charge in [-0.25, -0.2) is 0 Å². The molecule has 0 spiro atoms. The number of hydrogen-bond acceptors (Lipinski definition) is 2. The highest BCUT2D eigenvalue weighted by Crippen LogP contribution is 2.52. The van der Waals surface area contributed by atoms with Gasteiger partial charge in [0.05, 0.1) is 17.1 Å². The molecule has 0 saturated heterocycles. The van der Waals surface area contributed by atoms with E-state index in [1.165, 1.54) is 43.5 Å². The van der Waals surface area contributed by atoms with E-state index in [4.69, 9.17) is 0 Å². The predicted molar refractivity (Wildman–Crippen MR) is 99.5 cm³/mol. The Bertz CT molecular complexity index is 829. The van der Waals surface area contributed by atoms with Crippen LogP contribution < -0.4 is 4.90 Å². The zero-order valence-corrected chi connectivity index (χ0v) is 14.4.